The molecule has 0 radical (unpaired) electrons. The van der Waals surface area contributed by atoms with Crippen molar-refractivity contribution >= 4 is 11.6 Å². The van der Waals surface area contributed by atoms with E-state index < -0.39 is 0 Å². The first kappa shape index (κ1) is 11.3. The summed E-state index contributed by atoms with van der Waals surface area (Å²) in [5, 5.41) is 3.92. The Hall–Kier alpha value is -0.730. The van der Waals surface area contributed by atoms with Gasteiger partial charge in [0.1, 0.15) is 5.75 Å². The fraction of sp³-hybridized carbons (Fsp3) is 0.455. The largest absolute Gasteiger partial charge is 0.496 e. The summed E-state index contributed by atoms with van der Waals surface area (Å²) in [7, 11) is 3.60. The summed E-state index contributed by atoms with van der Waals surface area (Å²) in [4.78, 5) is 0. The topological polar surface area (TPSA) is 21.3 Å². The van der Waals surface area contributed by atoms with Gasteiger partial charge in [0.2, 0.25) is 0 Å². The molecule has 0 aliphatic rings. The fourth-order valence-electron chi connectivity index (χ4n) is 1.51. The van der Waals surface area contributed by atoms with Crippen LogP contribution in [0.4, 0.5) is 0 Å². The highest BCUT2D eigenvalue weighted by Gasteiger charge is 2.12. The maximum atomic E-state index is 6.00. The van der Waals surface area contributed by atoms with Crippen molar-refractivity contribution in [3.63, 3.8) is 0 Å². The summed E-state index contributed by atoms with van der Waals surface area (Å²) in [5.41, 5.74) is 2.16. The molecule has 78 valence electrons. The molecule has 0 aromatic heterocycles. The van der Waals surface area contributed by atoms with Crippen LogP contribution >= 0.6 is 11.6 Å². The number of nitrogens with one attached hydrogen (secondary N) is 1. The SMILES string of the molecule is CNC(C)c1cc(Cl)cc(C)c1OC. The lowest BCUT2D eigenvalue weighted by Gasteiger charge is -2.17. The predicted molar refractivity (Wildman–Crippen MR) is 60.2 cm³/mol. The second-order valence-electron chi connectivity index (χ2n) is 3.36. The van der Waals surface area contributed by atoms with Gasteiger partial charge in [-0.3, -0.25) is 0 Å². The van der Waals surface area contributed by atoms with Gasteiger partial charge in [-0.15, -0.1) is 0 Å². The Kier molecular flexibility index (Phi) is 3.78. The molecular weight excluding hydrogens is 198 g/mol. The quantitative estimate of drug-likeness (QED) is 0.834. The van der Waals surface area contributed by atoms with Crippen LogP contribution in [0.3, 0.4) is 0 Å². The van der Waals surface area contributed by atoms with E-state index in [9.17, 15) is 0 Å². The number of hydrogen-bond acceptors (Lipinski definition) is 2. The molecule has 1 rings (SSSR count). The summed E-state index contributed by atoms with van der Waals surface area (Å²) in [6, 6.07) is 4.09. The van der Waals surface area contributed by atoms with E-state index >= 15 is 0 Å². The Bertz CT molecular complexity index is 325. The number of methoxy groups -OCH3 is 1. The van der Waals surface area contributed by atoms with Crippen molar-refractivity contribution in [3.05, 3.63) is 28.3 Å². The van der Waals surface area contributed by atoms with Crippen LogP contribution in [0.15, 0.2) is 12.1 Å². The molecule has 2 nitrogen and oxygen atoms in total. The summed E-state index contributed by atoms with van der Waals surface area (Å²) in [6.07, 6.45) is 0. The van der Waals surface area contributed by atoms with Crippen LogP contribution in [0.25, 0.3) is 0 Å². The smallest absolute Gasteiger partial charge is 0.126 e. The van der Waals surface area contributed by atoms with Crippen LogP contribution in [0.2, 0.25) is 5.02 Å². The Morgan fingerprint density at radius 3 is 2.57 bits per heavy atom. The third-order valence-electron chi connectivity index (χ3n) is 2.37. The van der Waals surface area contributed by atoms with Crippen LogP contribution in [0.1, 0.15) is 24.1 Å². The average molecular weight is 214 g/mol. The van der Waals surface area contributed by atoms with Gasteiger partial charge in [0.15, 0.2) is 0 Å². The van der Waals surface area contributed by atoms with Crippen molar-refractivity contribution in [2.75, 3.05) is 14.2 Å². The van der Waals surface area contributed by atoms with E-state index in [0.29, 0.717) is 0 Å². The normalized spacial score (nSPS) is 12.6. The number of ether oxygens (including phenoxy) is 1. The Balaban J connectivity index is 3.24. The molecule has 1 unspecified atom stereocenters. The molecule has 0 fully saturated rings. The summed E-state index contributed by atoms with van der Waals surface area (Å²) in [6.45, 7) is 4.07. The maximum absolute atomic E-state index is 6.00. The first-order valence-electron chi connectivity index (χ1n) is 4.61. The number of aryl methyl sites for hydroxylation is 1. The van der Waals surface area contributed by atoms with Crippen molar-refractivity contribution in [2.45, 2.75) is 19.9 Å². The van der Waals surface area contributed by atoms with Gasteiger partial charge < -0.3 is 10.1 Å². The Labute approximate surface area is 90.2 Å². The lowest BCUT2D eigenvalue weighted by molar-refractivity contribution is 0.400. The molecule has 14 heavy (non-hydrogen) atoms. The van der Waals surface area contributed by atoms with Gasteiger partial charge in [0, 0.05) is 16.6 Å². The van der Waals surface area contributed by atoms with Gasteiger partial charge >= 0.3 is 0 Å². The van der Waals surface area contributed by atoms with Gasteiger partial charge in [0.05, 0.1) is 7.11 Å². The van der Waals surface area contributed by atoms with Gasteiger partial charge in [-0.1, -0.05) is 11.6 Å². The van der Waals surface area contributed by atoms with Gasteiger partial charge in [-0.25, -0.2) is 0 Å². The Morgan fingerprint density at radius 1 is 1.43 bits per heavy atom. The van der Waals surface area contributed by atoms with E-state index in [1.165, 1.54) is 0 Å². The van der Waals surface area contributed by atoms with Gasteiger partial charge in [-0.05, 0) is 38.6 Å². The number of benzene rings is 1. The minimum atomic E-state index is 0.238. The molecule has 1 atom stereocenters. The highest BCUT2D eigenvalue weighted by atomic mass is 35.5. The Morgan fingerprint density at radius 2 is 2.07 bits per heavy atom. The predicted octanol–water partition coefficient (Wildman–Crippen LogP) is 2.94. The first-order valence-corrected chi connectivity index (χ1v) is 4.99. The number of hydrogen-bond donors (Lipinski definition) is 1. The highest BCUT2D eigenvalue weighted by Crippen LogP contribution is 2.31. The van der Waals surface area contributed by atoms with Crippen LogP contribution in [-0.2, 0) is 0 Å². The molecule has 0 aliphatic carbocycles. The maximum Gasteiger partial charge on any atom is 0.126 e. The average Bonchev–Trinajstić information content (AvgIpc) is 2.15. The summed E-state index contributed by atoms with van der Waals surface area (Å²) in [5.74, 6) is 0.913. The molecule has 0 spiro atoms. The zero-order chi connectivity index (χ0) is 10.7. The lowest BCUT2D eigenvalue weighted by atomic mass is 10.0. The molecule has 1 aromatic carbocycles. The zero-order valence-corrected chi connectivity index (χ0v) is 9.77. The van der Waals surface area contributed by atoms with E-state index in [1.807, 2.05) is 26.1 Å². The van der Waals surface area contributed by atoms with Crippen molar-refractivity contribution in [1.82, 2.24) is 5.32 Å². The minimum absolute atomic E-state index is 0.238. The van der Waals surface area contributed by atoms with Crippen molar-refractivity contribution < 1.29 is 4.74 Å². The molecule has 0 bridgehead atoms. The van der Waals surface area contributed by atoms with Gasteiger partial charge in [-0.2, -0.15) is 0 Å². The first-order chi connectivity index (χ1) is 6.60. The van der Waals surface area contributed by atoms with Crippen molar-refractivity contribution in [1.29, 1.82) is 0 Å². The van der Waals surface area contributed by atoms with Gasteiger partial charge in [0.25, 0.3) is 0 Å². The third kappa shape index (κ3) is 2.20. The zero-order valence-electron chi connectivity index (χ0n) is 9.02. The van der Waals surface area contributed by atoms with E-state index in [0.717, 1.165) is 21.9 Å². The number of halogens is 1. The molecule has 1 aromatic rings. The van der Waals surface area contributed by atoms with Crippen LogP contribution in [-0.4, -0.2) is 14.2 Å². The molecule has 0 amide bonds. The fourth-order valence-corrected chi connectivity index (χ4v) is 1.79. The summed E-state index contributed by atoms with van der Waals surface area (Å²) < 4.78 is 5.36. The van der Waals surface area contributed by atoms with Crippen LogP contribution in [0.5, 0.6) is 5.75 Å². The molecule has 0 heterocycles. The van der Waals surface area contributed by atoms with E-state index in [4.69, 9.17) is 16.3 Å². The molecule has 0 aliphatic heterocycles. The molecule has 0 saturated carbocycles. The second-order valence-corrected chi connectivity index (χ2v) is 3.79. The van der Waals surface area contributed by atoms with Crippen LogP contribution < -0.4 is 10.1 Å². The van der Waals surface area contributed by atoms with Crippen molar-refractivity contribution in [3.8, 4) is 5.75 Å². The monoisotopic (exact) mass is 213 g/mol. The van der Waals surface area contributed by atoms with E-state index in [1.54, 1.807) is 7.11 Å². The molecular formula is C11H16ClNO. The second kappa shape index (κ2) is 4.67. The van der Waals surface area contributed by atoms with E-state index in [-0.39, 0.29) is 6.04 Å². The minimum Gasteiger partial charge on any atom is -0.496 e. The van der Waals surface area contributed by atoms with E-state index in [2.05, 4.69) is 12.2 Å². The molecule has 1 N–H and O–H groups in total. The van der Waals surface area contributed by atoms with Crippen LogP contribution in [0, 0.1) is 6.92 Å². The highest BCUT2D eigenvalue weighted by molar-refractivity contribution is 6.30. The number of rotatable bonds is 3. The molecule has 0 saturated heterocycles. The third-order valence-corrected chi connectivity index (χ3v) is 2.59. The lowest BCUT2D eigenvalue weighted by Crippen LogP contribution is -2.13. The standard InChI is InChI=1S/C11H16ClNO/c1-7-5-9(12)6-10(8(2)13-3)11(7)14-4/h5-6,8,13H,1-4H3. The summed E-state index contributed by atoms with van der Waals surface area (Å²) >= 11 is 6.00. The molecule has 3 heteroatoms. The van der Waals surface area contributed by atoms with Crippen molar-refractivity contribution in [2.24, 2.45) is 0 Å².